The van der Waals surface area contributed by atoms with Crippen molar-refractivity contribution in [1.29, 1.82) is 0 Å². The molecule has 0 fully saturated rings. The minimum Gasteiger partial charge on any atom is -0.459 e. The summed E-state index contributed by atoms with van der Waals surface area (Å²) in [5.41, 5.74) is 5.51. The molecule has 0 spiro atoms. The van der Waals surface area contributed by atoms with Crippen molar-refractivity contribution < 1.29 is 14.0 Å². The Hall–Kier alpha value is -1.53. The van der Waals surface area contributed by atoms with Gasteiger partial charge in [-0.1, -0.05) is 20.8 Å². The van der Waals surface area contributed by atoms with E-state index >= 15 is 0 Å². The molecule has 1 atom stereocenters. The van der Waals surface area contributed by atoms with Gasteiger partial charge < -0.3 is 20.8 Å². The second-order valence-electron chi connectivity index (χ2n) is 5.37. The molecule has 0 aliphatic rings. The fraction of sp³-hybridized carbons (Fsp3) is 0.538. The molecule has 0 saturated carbocycles. The summed E-state index contributed by atoms with van der Waals surface area (Å²) in [5.74, 6) is -0.281. The van der Waals surface area contributed by atoms with Crippen LogP contribution < -0.4 is 16.4 Å². The van der Waals surface area contributed by atoms with Gasteiger partial charge in [-0.15, -0.1) is 12.4 Å². The van der Waals surface area contributed by atoms with Gasteiger partial charge in [0.15, 0.2) is 5.76 Å². The molecule has 1 aromatic rings. The predicted molar refractivity (Wildman–Crippen MR) is 78.7 cm³/mol. The maximum absolute atomic E-state index is 11.7. The van der Waals surface area contributed by atoms with Crippen LogP contribution in [-0.4, -0.2) is 30.9 Å². The highest BCUT2D eigenvalue weighted by atomic mass is 35.5. The second kappa shape index (κ2) is 7.91. The zero-order valence-electron chi connectivity index (χ0n) is 11.9. The summed E-state index contributed by atoms with van der Waals surface area (Å²) in [6.07, 6.45) is 1.43. The van der Waals surface area contributed by atoms with Crippen LogP contribution >= 0.6 is 12.4 Å². The fourth-order valence-electron chi connectivity index (χ4n) is 1.36. The van der Waals surface area contributed by atoms with E-state index in [4.69, 9.17) is 10.2 Å². The normalized spacial score (nSPS) is 12.2. The number of hydrogen-bond donors (Lipinski definition) is 3. The van der Waals surface area contributed by atoms with E-state index in [2.05, 4.69) is 10.6 Å². The molecule has 1 aromatic heterocycles. The summed E-state index contributed by atoms with van der Waals surface area (Å²) in [7, 11) is 0. The maximum Gasteiger partial charge on any atom is 0.287 e. The first-order valence-corrected chi connectivity index (χ1v) is 6.17. The molecular formula is C13H22ClN3O3. The standard InChI is InChI=1S/C13H21N3O3.ClH/c1-13(2,3)10(14)12(18)16-7-6-15-11(17)9-5-4-8-19-9;/h4-5,8,10H,6-7,14H2,1-3H3,(H,15,17)(H,16,18);1H/t10-;/m1./s1. The molecule has 20 heavy (non-hydrogen) atoms. The Kier molecular flexibility index (Phi) is 7.31. The van der Waals surface area contributed by atoms with E-state index in [1.807, 2.05) is 20.8 Å². The van der Waals surface area contributed by atoms with E-state index in [1.54, 1.807) is 12.1 Å². The van der Waals surface area contributed by atoms with Gasteiger partial charge in [-0.25, -0.2) is 0 Å². The van der Waals surface area contributed by atoms with Crippen molar-refractivity contribution in [3.05, 3.63) is 24.2 Å². The predicted octanol–water partition coefficient (Wildman–Crippen LogP) is 0.921. The third kappa shape index (κ3) is 5.63. The first-order chi connectivity index (χ1) is 8.82. The first-order valence-electron chi connectivity index (χ1n) is 6.17. The lowest BCUT2D eigenvalue weighted by Gasteiger charge is -2.25. The van der Waals surface area contributed by atoms with Gasteiger partial charge in [-0.05, 0) is 17.5 Å². The van der Waals surface area contributed by atoms with Crippen molar-refractivity contribution in [2.45, 2.75) is 26.8 Å². The third-order valence-corrected chi connectivity index (χ3v) is 2.67. The number of hydrogen-bond acceptors (Lipinski definition) is 4. The van der Waals surface area contributed by atoms with E-state index < -0.39 is 6.04 Å². The highest BCUT2D eigenvalue weighted by Gasteiger charge is 2.26. The van der Waals surface area contributed by atoms with Gasteiger partial charge in [-0.3, -0.25) is 9.59 Å². The van der Waals surface area contributed by atoms with Gasteiger partial charge in [0.1, 0.15) is 0 Å². The molecular weight excluding hydrogens is 282 g/mol. The second-order valence-corrected chi connectivity index (χ2v) is 5.37. The van der Waals surface area contributed by atoms with Gasteiger partial charge in [0.25, 0.3) is 5.91 Å². The van der Waals surface area contributed by atoms with Gasteiger partial charge in [0.2, 0.25) is 5.91 Å². The van der Waals surface area contributed by atoms with Crippen LogP contribution in [0.2, 0.25) is 0 Å². The van der Waals surface area contributed by atoms with Crippen LogP contribution in [0.15, 0.2) is 22.8 Å². The topological polar surface area (TPSA) is 97.4 Å². The average Bonchev–Trinajstić information content (AvgIpc) is 2.85. The fourth-order valence-corrected chi connectivity index (χ4v) is 1.36. The number of carbonyl (C=O) groups is 2. The number of nitrogens with two attached hydrogens (primary N) is 1. The highest BCUT2D eigenvalue weighted by molar-refractivity contribution is 5.91. The first kappa shape index (κ1) is 18.5. The number of carbonyl (C=O) groups excluding carboxylic acids is 2. The summed E-state index contributed by atoms with van der Waals surface area (Å²) < 4.78 is 4.94. The minimum absolute atomic E-state index is 0. The molecule has 0 bridgehead atoms. The molecule has 0 unspecified atom stereocenters. The smallest absolute Gasteiger partial charge is 0.287 e. The van der Waals surface area contributed by atoms with Crippen LogP contribution in [0.5, 0.6) is 0 Å². The van der Waals surface area contributed by atoms with Crippen LogP contribution in [0, 0.1) is 5.41 Å². The molecule has 0 radical (unpaired) electrons. The molecule has 1 rings (SSSR count). The van der Waals surface area contributed by atoms with Crippen LogP contribution in [-0.2, 0) is 4.79 Å². The Morgan fingerprint density at radius 1 is 1.30 bits per heavy atom. The lowest BCUT2D eigenvalue weighted by Crippen LogP contribution is -2.49. The average molecular weight is 304 g/mol. The third-order valence-electron chi connectivity index (χ3n) is 2.67. The Bertz CT molecular complexity index is 427. The summed E-state index contributed by atoms with van der Waals surface area (Å²) in [5, 5.41) is 5.31. The van der Waals surface area contributed by atoms with Crippen molar-refractivity contribution in [2.75, 3.05) is 13.1 Å². The quantitative estimate of drug-likeness (QED) is 0.705. The van der Waals surface area contributed by atoms with Crippen molar-refractivity contribution in [2.24, 2.45) is 11.1 Å². The Morgan fingerprint density at radius 3 is 2.40 bits per heavy atom. The molecule has 7 heteroatoms. The van der Waals surface area contributed by atoms with Crippen molar-refractivity contribution >= 4 is 24.2 Å². The highest BCUT2D eigenvalue weighted by Crippen LogP contribution is 2.16. The van der Waals surface area contributed by atoms with Gasteiger partial charge in [-0.2, -0.15) is 0 Å². The van der Waals surface area contributed by atoms with Gasteiger partial charge >= 0.3 is 0 Å². The Labute approximate surface area is 124 Å². The molecule has 6 nitrogen and oxygen atoms in total. The largest absolute Gasteiger partial charge is 0.459 e. The number of halogens is 1. The van der Waals surface area contributed by atoms with Crippen LogP contribution in [0.4, 0.5) is 0 Å². The van der Waals surface area contributed by atoms with Crippen LogP contribution in [0.3, 0.4) is 0 Å². The van der Waals surface area contributed by atoms with Crippen molar-refractivity contribution in [1.82, 2.24) is 10.6 Å². The van der Waals surface area contributed by atoms with Gasteiger partial charge in [0, 0.05) is 13.1 Å². The summed E-state index contributed by atoms with van der Waals surface area (Å²) in [4.78, 5) is 23.2. The summed E-state index contributed by atoms with van der Waals surface area (Å²) >= 11 is 0. The van der Waals surface area contributed by atoms with Crippen LogP contribution in [0.25, 0.3) is 0 Å². The zero-order valence-corrected chi connectivity index (χ0v) is 12.8. The molecule has 2 amide bonds. The van der Waals surface area contributed by atoms with E-state index in [0.717, 1.165) is 0 Å². The number of amides is 2. The van der Waals surface area contributed by atoms with E-state index in [9.17, 15) is 9.59 Å². The number of furan rings is 1. The van der Waals surface area contributed by atoms with E-state index in [-0.39, 0.29) is 35.4 Å². The van der Waals surface area contributed by atoms with Crippen LogP contribution in [0.1, 0.15) is 31.3 Å². The van der Waals surface area contributed by atoms with E-state index in [1.165, 1.54) is 6.26 Å². The zero-order chi connectivity index (χ0) is 14.5. The lowest BCUT2D eigenvalue weighted by molar-refractivity contribution is -0.124. The SMILES string of the molecule is CC(C)(C)[C@H](N)C(=O)NCCNC(=O)c1ccco1.Cl. The molecule has 0 saturated heterocycles. The maximum atomic E-state index is 11.7. The Morgan fingerprint density at radius 2 is 1.90 bits per heavy atom. The molecule has 114 valence electrons. The molecule has 0 aliphatic heterocycles. The summed E-state index contributed by atoms with van der Waals surface area (Å²) in [6.45, 7) is 6.35. The number of nitrogens with one attached hydrogen (secondary N) is 2. The van der Waals surface area contributed by atoms with Crippen molar-refractivity contribution in [3.63, 3.8) is 0 Å². The molecule has 4 N–H and O–H groups in total. The molecule has 0 aromatic carbocycles. The summed E-state index contributed by atoms with van der Waals surface area (Å²) in [6, 6.07) is 2.64. The monoisotopic (exact) mass is 303 g/mol. The van der Waals surface area contributed by atoms with Crippen molar-refractivity contribution in [3.8, 4) is 0 Å². The minimum atomic E-state index is -0.576. The Balaban J connectivity index is 0.00000361. The molecule has 0 aliphatic carbocycles. The lowest BCUT2D eigenvalue weighted by atomic mass is 9.87. The molecule has 1 heterocycles. The van der Waals surface area contributed by atoms with Gasteiger partial charge in [0.05, 0.1) is 12.3 Å². The van der Waals surface area contributed by atoms with E-state index in [0.29, 0.717) is 13.1 Å². The number of rotatable bonds is 5.